The fourth-order valence-corrected chi connectivity index (χ4v) is 4.74. The molecule has 0 heterocycles. The second kappa shape index (κ2) is 11.2. The Labute approximate surface area is 201 Å². The first-order valence-corrected chi connectivity index (χ1v) is 12.0. The molecular formula is C27H34N2O5. The molecule has 7 heteroatoms. The Morgan fingerprint density at radius 3 is 2.03 bits per heavy atom. The average Bonchev–Trinajstić information content (AvgIpc) is 3.17. The summed E-state index contributed by atoms with van der Waals surface area (Å²) >= 11 is 0. The summed E-state index contributed by atoms with van der Waals surface area (Å²) in [5.41, 5.74) is 3.80. The van der Waals surface area contributed by atoms with Crippen LogP contribution in [0.4, 0.5) is 4.79 Å². The van der Waals surface area contributed by atoms with Crippen molar-refractivity contribution >= 4 is 18.0 Å². The average molecular weight is 467 g/mol. The Morgan fingerprint density at radius 1 is 0.971 bits per heavy atom. The van der Waals surface area contributed by atoms with Crippen LogP contribution < -0.4 is 5.32 Å². The van der Waals surface area contributed by atoms with Gasteiger partial charge in [-0.1, -0.05) is 62.4 Å². The van der Waals surface area contributed by atoms with Crippen molar-refractivity contribution in [1.29, 1.82) is 0 Å². The number of amides is 2. The fraction of sp³-hybridized carbons (Fsp3) is 0.444. The van der Waals surface area contributed by atoms with E-state index in [1.165, 1.54) is 0 Å². The van der Waals surface area contributed by atoms with Gasteiger partial charge in [-0.25, -0.2) is 4.79 Å². The fourth-order valence-electron chi connectivity index (χ4n) is 4.74. The first-order valence-electron chi connectivity index (χ1n) is 12.0. The molecular weight excluding hydrogens is 432 g/mol. The third-order valence-corrected chi connectivity index (χ3v) is 6.99. The van der Waals surface area contributed by atoms with Crippen molar-refractivity contribution in [2.24, 2.45) is 5.41 Å². The van der Waals surface area contributed by atoms with Crippen LogP contribution in [0.15, 0.2) is 48.5 Å². The van der Waals surface area contributed by atoms with Gasteiger partial charge in [0.1, 0.15) is 6.61 Å². The molecule has 2 N–H and O–H groups in total. The van der Waals surface area contributed by atoms with E-state index in [0.717, 1.165) is 22.3 Å². The minimum atomic E-state index is -0.943. The van der Waals surface area contributed by atoms with E-state index in [2.05, 4.69) is 29.6 Å². The summed E-state index contributed by atoms with van der Waals surface area (Å²) in [4.78, 5) is 38.4. The van der Waals surface area contributed by atoms with Crippen LogP contribution in [0.3, 0.4) is 0 Å². The second-order valence-electron chi connectivity index (χ2n) is 8.70. The quantitative estimate of drug-likeness (QED) is 0.502. The van der Waals surface area contributed by atoms with Crippen LogP contribution in [-0.2, 0) is 14.3 Å². The van der Waals surface area contributed by atoms with Crippen LogP contribution in [-0.4, -0.2) is 54.2 Å². The van der Waals surface area contributed by atoms with Gasteiger partial charge < -0.3 is 20.1 Å². The molecule has 0 radical (unpaired) electrons. The lowest BCUT2D eigenvalue weighted by atomic mass is 9.80. The number of aliphatic carboxylic acids is 1. The maximum Gasteiger partial charge on any atom is 0.407 e. The standard InChI is InChI=1S/C27H34N2O5/c1-4-27(5-2,25(32)29(6-3)16-15-24(30)31)18-28-26(33)34-17-23-21-13-9-7-11-19(21)20-12-8-10-14-22(20)23/h7-14,23H,4-6,15-18H2,1-3H3,(H,28,33)(H,30,31). The van der Waals surface area contributed by atoms with Crippen LogP contribution in [0, 0.1) is 5.41 Å². The molecule has 0 atom stereocenters. The number of nitrogens with one attached hydrogen (secondary N) is 1. The number of carbonyl (C=O) groups excluding carboxylic acids is 2. The summed E-state index contributed by atoms with van der Waals surface area (Å²) in [6.07, 6.45) is 0.378. The van der Waals surface area contributed by atoms with Crippen LogP contribution >= 0.6 is 0 Å². The molecule has 3 rings (SSSR count). The number of ether oxygens (including phenoxy) is 1. The number of alkyl carbamates (subject to hydrolysis) is 1. The van der Waals surface area contributed by atoms with Gasteiger partial charge in [0.2, 0.25) is 5.91 Å². The van der Waals surface area contributed by atoms with Crippen molar-refractivity contribution in [2.45, 2.75) is 46.0 Å². The Hall–Kier alpha value is -3.35. The van der Waals surface area contributed by atoms with Gasteiger partial charge in [-0.2, -0.15) is 0 Å². The Morgan fingerprint density at radius 2 is 1.53 bits per heavy atom. The summed E-state index contributed by atoms with van der Waals surface area (Å²) in [7, 11) is 0. The minimum absolute atomic E-state index is 0.0338. The maximum atomic E-state index is 13.3. The van der Waals surface area contributed by atoms with Crippen molar-refractivity contribution in [1.82, 2.24) is 10.2 Å². The van der Waals surface area contributed by atoms with Crippen LogP contribution in [0.25, 0.3) is 11.1 Å². The number of carboxylic acid groups (broad SMARTS) is 1. The highest BCUT2D eigenvalue weighted by atomic mass is 16.5. The highest BCUT2D eigenvalue weighted by Gasteiger charge is 2.38. The van der Waals surface area contributed by atoms with Crippen molar-refractivity contribution < 1.29 is 24.2 Å². The lowest BCUT2D eigenvalue weighted by Crippen LogP contribution is -2.50. The van der Waals surface area contributed by atoms with Crippen molar-refractivity contribution in [2.75, 3.05) is 26.2 Å². The van der Waals surface area contributed by atoms with E-state index in [1.54, 1.807) is 4.90 Å². The van der Waals surface area contributed by atoms with Gasteiger partial charge in [0.05, 0.1) is 11.8 Å². The third-order valence-electron chi connectivity index (χ3n) is 6.99. The predicted octanol–water partition coefficient (Wildman–Crippen LogP) is 4.65. The molecule has 7 nitrogen and oxygen atoms in total. The molecule has 34 heavy (non-hydrogen) atoms. The third kappa shape index (κ3) is 5.24. The number of hydrogen-bond acceptors (Lipinski definition) is 4. The summed E-state index contributed by atoms with van der Waals surface area (Å²) in [6.45, 7) is 6.56. The molecule has 0 saturated carbocycles. The van der Waals surface area contributed by atoms with E-state index in [4.69, 9.17) is 9.84 Å². The lowest BCUT2D eigenvalue weighted by Gasteiger charge is -2.35. The Balaban J connectivity index is 1.64. The monoisotopic (exact) mass is 466 g/mol. The number of rotatable bonds is 11. The van der Waals surface area contributed by atoms with E-state index in [9.17, 15) is 14.4 Å². The summed E-state index contributed by atoms with van der Waals surface area (Å²) in [5, 5.41) is 11.8. The summed E-state index contributed by atoms with van der Waals surface area (Å²) < 4.78 is 5.62. The van der Waals surface area contributed by atoms with E-state index in [0.29, 0.717) is 19.4 Å². The normalized spacial score (nSPS) is 12.6. The first kappa shape index (κ1) is 25.3. The van der Waals surface area contributed by atoms with Crippen LogP contribution in [0.1, 0.15) is 57.1 Å². The van der Waals surface area contributed by atoms with Crippen molar-refractivity contribution in [3.63, 3.8) is 0 Å². The van der Waals surface area contributed by atoms with Gasteiger partial charge in [-0.15, -0.1) is 0 Å². The second-order valence-corrected chi connectivity index (χ2v) is 8.70. The molecule has 2 aromatic rings. The molecule has 0 unspecified atom stereocenters. The minimum Gasteiger partial charge on any atom is -0.481 e. The molecule has 0 aromatic heterocycles. The van der Waals surface area contributed by atoms with Crippen molar-refractivity contribution in [3.8, 4) is 11.1 Å². The molecule has 2 aromatic carbocycles. The zero-order chi connectivity index (χ0) is 24.7. The van der Waals surface area contributed by atoms with Crippen LogP contribution in [0.5, 0.6) is 0 Å². The maximum absolute atomic E-state index is 13.3. The lowest BCUT2D eigenvalue weighted by molar-refractivity contribution is -0.144. The molecule has 2 amide bonds. The van der Waals surface area contributed by atoms with Crippen LogP contribution in [0.2, 0.25) is 0 Å². The molecule has 0 fully saturated rings. The van der Waals surface area contributed by atoms with E-state index in [1.807, 2.05) is 45.0 Å². The molecule has 0 saturated heterocycles. The zero-order valence-corrected chi connectivity index (χ0v) is 20.2. The first-order chi connectivity index (χ1) is 16.4. The topological polar surface area (TPSA) is 95.9 Å². The van der Waals surface area contributed by atoms with E-state index >= 15 is 0 Å². The Kier molecular flexibility index (Phi) is 8.31. The molecule has 0 bridgehead atoms. The largest absolute Gasteiger partial charge is 0.481 e. The smallest absolute Gasteiger partial charge is 0.407 e. The summed E-state index contributed by atoms with van der Waals surface area (Å²) in [6, 6.07) is 16.3. The van der Waals surface area contributed by atoms with Gasteiger partial charge >= 0.3 is 12.1 Å². The van der Waals surface area contributed by atoms with Gasteiger partial charge in [0, 0.05) is 25.6 Å². The SMILES string of the molecule is CCN(CCC(=O)O)C(=O)C(CC)(CC)CNC(=O)OCC1c2ccccc2-c2ccccc21. The van der Waals surface area contributed by atoms with Gasteiger partial charge in [-0.05, 0) is 42.0 Å². The highest BCUT2D eigenvalue weighted by molar-refractivity contribution is 5.84. The van der Waals surface area contributed by atoms with E-state index < -0.39 is 17.5 Å². The van der Waals surface area contributed by atoms with Crippen molar-refractivity contribution in [3.05, 3.63) is 59.7 Å². The number of hydrogen-bond donors (Lipinski definition) is 2. The molecule has 0 spiro atoms. The molecule has 182 valence electrons. The predicted molar refractivity (Wildman–Crippen MR) is 131 cm³/mol. The molecule has 0 aliphatic heterocycles. The van der Waals surface area contributed by atoms with Gasteiger partial charge in [0.25, 0.3) is 0 Å². The summed E-state index contributed by atoms with van der Waals surface area (Å²) in [5.74, 6) is -1.12. The van der Waals surface area contributed by atoms with Gasteiger partial charge in [0.15, 0.2) is 0 Å². The van der Waals surface area contributed by atoms with Gasteiger partial charge in [-0.3, -0.25) is 9.59 Å². The number of fused-ring (bicyclic) bond motifs is 3. The number of benzene rings is 2. The highest BCUT2D eigenvalue weighted by Crippen LogP contribution is 2.44. The number of carbonyl (C=O) groups is 3. The zero-order valence-electron chi connectivity index (χ0n) is 20.2. The molecule has 1 aliphatic rings. The number of nitrogens with zero attached hydrogens (tertiary/aromatic N) is 1. The van der Waals surface area contributed by atoms with E-state index in [-0.39, 0.29) is 37.9 Å². The molecule has 1 aliphatic carbocycles. The number of carboxylic acids is 1. The Bertz CT molecular complexity index is 986.